The Morgan fingerprint density at radius 1 is 1.43 bits per heavy atom. The summed E-state index contributed by atoms with van der Waals surface area (Å²) in [6.07, 6.45) is 3.99. The van der Waals surface area contributed by atoms with E-state index in [1.807, 2.05) is 6.92 Å². The minimum absolute atomic E-state index is 0.113. The number of carbonyl (C=O) groups excluding carboxylic acids is 2. The standard InChI is InChI=1S/C10H18N2O2/c1-4-6-10(14)12(7-5-2)8-9(13)11-3/h4,6H,5,7-8H2,1-3H3,(H,11,13). The Hall–Kier alpha value is -1.32. The molecular weight excluding hydrogens is 180 g/mol. The molecule has 0 radical (unpaired) electrons. The van der Waals surface area contributed by atoms with E-state index in [9.17, 15) is 9.59 Å². The lowest BCUT2D eigenvalue weighted by molar-refractivity contribution is -0.132. The molecule has 0 fully saturated rings. The Labute approximate surface area is 85.0 Å². The molecule has 0 aliphatic carbocycles. The molecule has 2 amide bonds. The molecule has 4 heteroatoms. The van der Waals surface area contributed by atoms with Gasteiger partial charge in [-0.05, 0) is 19.4 Å². The lowest BCUT2D eigenvalue weighted by Gasteiger charge is -2.19. The van der Waals surface area contributed by atoms with Crippen LogP contribution in [0.15, 0.2) is 12.2 Å². The number of amides is 2. The fraction of sp³-hybridized carbons (Fsp3) is 0.600. The number of hydrogen-bond donors (Lipinski definition) is 1. The summed E-state index contributed by atoms with van der Waals surface area (Å²) in [5, 5.41) is 2.49. The smallest absolute Gasteiger partial charge is 0.246 e. The van der Waals surface area contributed by atoms with Crippen LogP contribution in [0.3, 0.4) is 0 Å². The lowest BCUT2D eigenvalue weighted by atomic mass is 10.3. The van der Waals surface area contributed by atoms with Crippen LogP contribution in [0.2, 0.25) is 0 Å². The Morgan fingerprint density at radius 2 is 2.07 bits per heavy atom. The largest absolute Gasteiger partial charge is 0.358 e. The van der Waals surface area contributed by atoms with E-state index in [0.29, 0.717) is 6.54 Å². The van der Waals surface area contributed by atoms with Crippen LogP contribution >= 0.6 is 0 Å². The molecule has 0 saturated carbocycles. The molecule has 0 aromatic rings. The van der Waals surface area contributed by atoms with Gasteiger partial charge in [-0.3, -0.25) is 9.59 Å². The summed E-state index contributed by atoms with van der Waals surface area (Å²) >= 11 is 0. The molecule has 0 aliphatic heterocycles. The van der Waals surface area contributed by atoms with Gasteiger partial charge in [0, 0.05) is 13.6 Å². The van der Waals surface area contributed by atoms with Gasteiger partial charge in [0.25, 0.3) is 0 Å². The predicted molar refractivity (Wildman–Crippen MR) is 55.8 cm³/mol. The highest BCUT2D eigenvalue weighted by Crippen LogP contribution is 1.94. The SMILES string of the molecule is CC=CC(=O)N(CCC)CC(=O)NC. The second-order valence-corrected chi connectivity index (χ2v) is 2.93. The van der Waals surface area contributed by atoms with Crippen LogP contribution in [0.4, 0.5) is 0 Å². The number of rotatable bonds is 5. The van der Waals surface area contributed by atoms with Crippen molar-refractivity contribution in [1.82, 2.24) is 10.2 Å². The molecule has 0 aliphatic rings. The van der Waals surface area contributed by atoms with Gasteiger partial charge in [0.1, 0.15) is 0 Å². The maximum atomic E-state index is 11.4. The first kappa shape index (κ1) is 12.7. The Bertz CT molecular complexity index is 224. The van der Waals surface area contributed by atoms with Gasteiger partial charge in [-0.1, -0.05) is 13.0 Å². The van der Waals surface area contributed by atoms with E-state index in [4.69, 9.17) is 0 Å². The zero-order chi connectivity index (χ0) is 11.0. The zero-order valence-corrected chi connectivity index (χ0v) is 9.04. The normalized spacial score (nSPS) is 10.2. The van der Waals surface area contributed by atoms with Gasteiger partial charge < -0.3 is 10.2 Å². The highest BCUT2D eigenvalue weighted by Gasteiger charge is 2.12. The molecule has 0 spiro atoms. The zero-order valence-electron chi connectivity index (χ0n) is 9.04. The number of hydrogen-bond acceptors (Lipinski definition) is 2. The molecule has 1 N–H and O–H groups in total. The summed E-state index contributed by atoms with van der Waals surface area (Å²) in [6.45, 7) is 4.49. The molecule has 80 valence electrons. The van der Waals surface area contributed by atoms with Crippen molar-refractivity contribution in [3.8, 4) is 0 Å². The fourth-order valence-electron chi connectivity index (χ4n) is 1.04. The Balaban J connectivity index is 4.27. The van der Waals surface area contributed by atoms with Crippen LogP contribution in [0.1, 0.15) is 20.3 Å². The quantitative estimate of drug-likeness (QED) is 0.656. The summed E-state index contributed by atoms with van der Waals surface area (Å²) < 4.78 is 0. The molecule has 0 unspecified atom stereocenters. The van der Waals surface area contributed by atoms with Crippen LogP contribution in [0.5, 0.6) is 0 Å². The molecule has 14 heavy (non-hydrogen) atoms. The van der Waals surface area contributed by atoms with E-state index >= 15 is 0 Å². The third kappa shape index (κ3) is 4.64. The number of likely N-dealkylation sites (N-methyl/N-ethyl adjacent to an activating group) is 1. The van der Waals surface area contributed by atoms with E-state index in [2.05, 4.69) is 5.32 Å². The van der Waals surface area contributed by atoms with Crippen molar-refractivity contribution < 1.29 is 9.59 Å². The molecule has 4 nitrogen and oxygen atoms in total. The molecule has 0 heterocycles. The summed E-state index contributed by atoms with van der Waals surface area (Å²) in [5.41, 5.74) is 0. The molecule has 0 aromatic carbocycles. The van der Waals surface area contributed by atoms with Crippen LogP contribution in [-0.4, -0.2) is 36.9 Å². The first-order valence-corrected chi connectivity index (χ1v) is 4.77. The first-order chi connectivity index (χ1) is 6.65. The maximum absolute atomic E-state index is 11.4. The Morgan fingerprint density at radius 3 is 2.50 bits per heavy atom. The molecule has 0 saturated heterocycles. The third-order valence-corrected chi connectivity index (χ3v) is 1.73. The number of nitrogens with one attached hydrogen (secondary N) is 1. The van der Waals surface area contributed by atoms with Crippen molar-refractivity contribution in [2.24, 2.45) is 0 Å². The van der Waals surface area contributed by atoms with Crippen molar-refractivity contribution in [3.05, 3.63) is 12.2 Å². The van der Waals surface area contributed by atoms with E-state index in [0.717, 1.165) is 6.42 Å². The fourth-order valence-corrected chi connectivity index (χ4v) is 1.04. The third-order valence-electron chi connectivity index (χ3n) is 1.73. The number of allylic oxidation sites excluding steroid dienone is 1. The highest BCUT2D eigenvalue weighted by atomic mass is 16.2. The second-order valence-electron chi connectivity index (χ2n) is 2.93. The maximum Gasteiger partial charge on any atom is 0.246 e. The average Bonchev–Trinajstić information content (AvgIpc) is 2.17. The van der Waals surface area contributed by atoms with Crippen molar-refractivity contribution in [1.29, 1.82) is 0 Å². The predicted octanol–water partition coefficient (Wildman–Crippen LogP) is 0.547. The monoisotopic (exact) mass is 198 g/mol. The van der Waals surface area contributed by atoms with E-state index in [1.54, 1.807) is 20.0 Å². The first-order valence-electron chi connectivity index (χ1n) is 4.77. The highest BCUT2D eigenvalue weighted by molar-refractivity contribution is 5.91. The molecular formula is C10H18N2O2. The van der Waals surface area contributed by atoms with E-state index in [-0.39, 0.29) is 18.4 Å². The molecule has 0 rings (SSSR count). The van der Waals surface area contributed by atoms with E-state index < -0.39 is 0 Å². The van der Waals surface area contributed by atoms with Crippen molar-refractivity contribution in [3.63, 3.8) is 0 Å². The van der Waals surface area contributed by atoms with Crippen LogP contribution in [-0.2, 0) is 9.59 Å². The second kappa shape index (κ2) is 7.12. The summed E-state index contributed by atoms with van der Waals surface area (Å²) in [7, 11) is 1.56. The molecule has 0 bridgehead atoms. The van der Waals surface area contributed by atoms with Crippen LogP contribution in [0.25, 0.3) is 0 Å². The topological polar surface area (TPSA) is 49.4 Å². The van der Waals surface area contributed by atoms with Gasteiger partial charge in [0.2, 0.25) is 11.8 Å². The summed E-state index contributed by atoms with van der Waals surface area (Å²) in [5.74, 6) is -0.255. The molecule has 0 atom stereocenters. The van der Waals surface area contributed by atoms with Gasteiger partial charge in [0.15, 0.2) is 0 Å². The average molecular weight is 198 g/mol. The minimum Gasteiger partial charge on any atom is -0.358 e. The van der Waals surface area contributed by atoms with Crippen molar-refractivity contribution >= 4 is 11.8 Å². The number of nitrogens with zero attached hydrogens (tertiary/aromatic N) is 1. The van der Waals surface area contributed by atoms with Crippen LogP contribution < -0.4 is 5.32 Å². The minimum atomic E-state index is -0.142. The number of carbonyl (C=O) groups is 2. The van der Waals surface area contributed by atoms with Gasteiger partial charge in [-0.2, -0.15) is 0 Å². The van der Waals surface area contributed by atoms with Gasteiger partial charge >= 0.3 is 0 Å². The van der Waals surface area contributed by atoms with Crippen molar-refractivity contribution in [2.75, 3.05) is 20.1 Å². The van der Waals surface area contributed by atoms with Gasteiger partial charge in [0.05, 0.1) is 6.54 Å². The van der Waals surface area contributed by atoms with Crippen molar-refractivity contribution in [2.45, 2.75) is 20.3 Å². The summed E-state index contributed by atoms with van der Waals surface area (Å²) in [4.78, 5) is 24.0. The molecule has 0 aromatic heterocycles. The Kier molecular flexibility index (Phi) is 6.45. The van der Waals surface area contributed by atoms with Gasteiger partial charge in [-0.25, -0.2) is 0 Å². The summed E-state index contributed by atoms with van der Waals surface area (Å²) in [6, 6.07) is 0. The lowest BCUT2D eigenvalue weighted by Crippen LogP contribution is -2.39. The van der Waals surface area contributed by atoms with Gasteiger partial charge in [-0.15, -0.1) is 0 Å². The van der Waals surface area contributed by atoms with Crippen LogP contribution in [0, 0.1) is 0 Å². The van der Waals surface area contributed by atoms with E-state index in [1.165, 1.54) is 11.0 Å².